The molecule has 1 N–H and O–H groups in total. The molecule has 0 spiro atoms. The van der Waals surface area contributed by atoms with Crippen LogP contribution in [0.4, 0.5) is 18.9 Å². The first-order valence-electron chi connectivity index (χ1n) is 7.89. The summed E-state index contributed by atoms with van der Waals surface area (Å²) in [7, 11) is -8.04. The largest absolute Gasteiger partial charge is 0.277 e. The van der Waals surface area contributed by atoms with E-state index in [1.165, 1.54) is 4.31 Å². The van der Waals surface area contributed by atoms with Gasteiger partial charge in [-0.15, -0.1) is 0 Å². The standard InChI is InChI=1S/C16H15F3N2O4S2/c17-13-7-8-14(16(19)15(13)18)20-26(22,23)11-3-5-12(6-4-11)27(24,25)21-9-1-2-10-21/h3-8,20H,1-2,9-10H2. The maximum Gasteiger partial charge on any atom is 0.261 e. The zero-order valence-electron chi connectivity index (χ0n) is 13.8. The Hall–Kier alpha value is -2.11. The number of nitrogens with zero attached hydrogens (tertiary/aromatic N) is 1. The van der Waals surface area contributed by atoms with Gasteiger partial charge in [0.2, 0.25) is 10.0 Å². The summed E-state index contributed by atoms with van der Waals surface area (Å²) in [6.07, 6.45) is 1.52. The van der Waals surface area contributed by atoms with Crippen molar-refractivity contribution in [1.29, 1.82) is 0 Å². The van der Waals surface area contributed by atoms with Gasteiger partial charge in [-0.05, 0) is 49.2 Å². The van der Waals surface area contributed by atoms with Gasteiger partial charge in [0, 0.05) is 13.1 Å². The highest BCUT2D eigenvalue weighted by Crippen LogP contribution is 2.25. The van der Waals surface area contributed by atoms with Crippen molar-refractivity contribution in [1.82, 2.24) is 4.31 Å². The van der Waals surface area contributed by atoms with E-state index in [1.54, 1.807) is 0 Å². The predicted octanol–water partition coefficient (Wildman–Crippen LogP) is 2.69. The number of benzene rings is 2. The highest BCUT2D eigenvalue weighted by atomic mass is 32.2. The molecule has 146 valence electrons. The predicted molar refractivity (Wildman–Crippen MR) is 91.6 cm³/mol. The van der Waals surface area contributed by atoms with Crippen LogP contribution in [0.5, 0.6) is 0 Å². The average molecular weight is 420 g/mol. The van der Waals surface area contributed by atoms with E-state index < -0.39 is 43.2 Å². The maximum absolute atomic E-state index is 13.7. The fourth-order valence-corrected chi connectivity index (χ4v) is 5.25. The Labute approximate surface area is 154 Å². The summed E-state index contributed by atoms with van der Waals surface area (Å²) >= 11 is 0. The van der Waals surface area contributed by atoms with Crippen molar-refractivity contribution in [3.8, 4) is 0 Å². The number of hydrogen-bond acceptors (Lipinski definition) is 4. The molecule has 0 atom stereocenters. The van der Waals surface area contributed by atoms with Gasteiger partial charge in [-0.2, -0.15) is 4.31 Å². The fourth-order valence-electron chi connectivity index (χ4n) is 2.68. The Bertz CT molecular complexity index is 1070. The first kappa shape index (κ1) is 19.6. The van der Waals surface area contributed by atoms with Gasteiger partial charge in [-0.3, -0.25) is 4.72 Å². The van der Waals surface area contributed by atoms with Crippen molar-refractivity contribution < 1.29 is 30.0 Å². The second-order valence-electron chi connectivity index (χ2n) is 5.91. The monoisotopic (exact) mass is 420 g/mol. The molecule has 6 nitrogen and oxygen atoms in total. The van der Waals surface area contributed by atoms with Crippen LogP contribution < -0.4 is 4.72 Å². The van der Waals surface area contributed by atoms with Crippen molar-refractivity contribution in [2.45, 2.75) is 22.6 Å². The summed E-state index contributed by atoms with van der Waals surface area (Å²) in [5.74, 6) is -4.93. The van der Waals surface area contributed by atoms with Crippen LogP contribution in [0.25, 0.3) is 0 Å². The fraction of sp³-hybridized carbons (Fsp3) is 0.250. The molecule has 1 aliphatic heterocycles. The molecule has 0 amide bonds. The average Bonchev–Trinajstić information content (AvgIpc) is 3.18. The van der Waals surface area contributed by atoms with Gasteiger partial charge in [0.15, 0.2) is 17.5 Å². The van der Waals surface area contributed by atoms with Gasteiger partial charge in [-0.1, -0.05) is 0 Å². The van der Waals surface area contributed by atoms with Crippen LogP contribution in [0.3, 0.4) is 0 Å². The second kappa shape index (κ2) is 7.13. The number of anilines is 1. The second-order valence-corrected chi connectivity index (χ2v) is 9.53. The molecule has 3 rings (SSSR count). The molecule has 0 saturated carbocycles. The number of sulfonamides is 2. The van der Waals surface area contributed by atoms with E-state index in [9.17, 15) is 30.0 Å². The molecule has 0 bridgehead atoms. The lowest BCUT2D eigenvalue weighted by Crippen LogP contribution is -2.27. The topological polar surface area (TPSA) is 83.5 Å². The third-order valence-electron chi connectivity index (χ3n) is 4.12. The van der Waals surface area contributed by atoms with E-state index in [0.717, 1.165) is 43.2 Å². The van der Waals surface area contributed by atoms with Crippen LogP contribution in [0.1, 0.15) is 12.8 Å². The van der Waals surface area contributed by atoms with Crippen LogP contribution >= 0.6 is 0 Å². The lowest BCUT2D eigenvalue weighted by atomic mass is 10.3. The maximum atomic E-state index is 13.7. The van der Waals surface area contributed by atoms with Crippen molar-refractivity contribution in [3.63, 3.8) is 0 Å². The zero-order valence-corrected chi connectivity index (χ0v) is 15.5. The van der Waals surface area contributed by atoms with E-state index in [4.69, 9.17) is 0 Å². The molecule has 1 heterocycles. The minimum atomic E-state index is -4.33. The summed E-state index contributed by atoms with van der Waals surface area (Å²) in [6, 6.07) is 5.68. The molecular formula is C16H15F3N2O4S2. The number of rotatable bonds is 5. The highest BCUT2D eigenvalue weighted by Gasteiger charge is 2.28. The van der Waals surface area contributed by atoms with Gasteiger partial charge >= 0.3 is 0 Å². The lowest BCUT2D eigenvalue weighted by molar-refractivity contribution is 0.449. The SMILES string of the molecule is O=S(=O)(Nc1ccc(F)c(F)c1F)c1ccc(S(=O)(=O)N2CCCC2)cc1. The van der Waals surface area contributed by atoms with E-state index >= 15 is 0 Å². The van der Waals surface area contributed by atoms with Crippen molar-refractivity contribution >= 4 is 25.7 Å². The Morgan fingerprint density at radius 2 is 1.33 bits per heavy atom. The summed E-state index contributed by atoms with van der Waals surface area (Å²) in [5, 5.41) is 0. The molecule has 0 unspecified atom stereocenters. The van der Waals surface area contributed by atoms with Crippen molar-refractivity contribution in [3.05, 3.63) is 53.8 Å². The minimum absolute atomic E-state index is 0.0673. The minimum Gasteiger partial charge on any atom is -0.277 e. The van der Waals surface area contributed by atoms with E-state index in [-0.39, 0.29) is 9.79 Å². The summed E-state index contributed by atoms with van der Waals surface area (Å²) in [6.45, 7) is 0.804. The van der Waals surface area contributed by atoms with E-state index in [1.807, 2.05) is 4.72 Å². The molecule has 2 aromatic rings. The lowest BCUT2D eigenvalue weighted by Gasteiger charge is -2.16. The molecule has 0 aromatic heterocycles. The highest BCUT2D eigenvalue weighted by molar-refractivity contribution is 7.92. The van der Waals surface area contributed by atoms with Crippen LogP contribution in [0.2, 0.25) is 0 Å². The summed E-state index contributed by atoms with van der Waals surface area (Å²) < 4.78 is 92.5. The molecule has 1 aliphatic rings. The molecule has 2 aromatic carbocycles. The first-order valence-corrected chi connectivity index (χ1v) is 10.8. The van der Waals surface area contributed by atoms with Crippen LogP contribution in [0, 0.1) is 17.5 Å². The van der Waals surface area contributed by atoms with Gasteiger partial charge in [0.05, 0.1) is 15.5 Å². The van der Waals surface area contributed by atoms with Gasteiger partial charge < -0.3 is 0 Å². The third-order valence-corrected chi connectivity index (χ3v) is 7.41. The quantitative estimate of drug-likeness (QED) is 0.754. The smallest absolute Gasteiger partial charge is 0.261 e. The molecular weight excluding hydrogens is 405 g/mol. The van der Waals surface area contributed by atoms with Crippen LogP contribution in [-0.4, -0.2) is 34.2 Å². The first-order chi connectivity index (χ1) is 12.6. The molecule has 1 saturated heterocycles. The Kier molecular flexibility index (Phi) is 5.19. The van der Waals surface area contributed by atoms with E-state index in [2.05, 4.69) is 0 Å². The van der Waals surface area contributed by atoms with Gasteiger partial charge in [0.25, 0.3) is 10.0 Å². The summed E-state index contributed by atoms with van der Waals surface area (Å²) in [5.41, 5.74) is -0.761. The molecule has 0 aliphatic carbocycles. The molecule has 0 radical (unpaired) electrons. The van der Waals surface area contributed by atoms with Crippen molar-refractivity contribution in [2.75, 3.05) is 17.8 Å². The normalized spacial score (nSPS) is 15.8. The van der Waals surface area contributed by atoms with Crippen LogP contribution in [-0.2, 0) is 20.0 Å². The van der Waals surface area contributed by atoms with Crippen molar-refractivity contribution in [2.24, 2.45) is 0 Å². The summed E-state index contributed by atoms with van der Waals surface area (Å²) in [4.78, 5) is -0.422. The van der Waals surface area contributed by atoms with Gasteiger partial charge in [0.1, 0.15) is 0 Å². The number of halogens is 3. The van der Waals surface area contributed by atoms with Crippen LogP contribution in [0.15, 0.2) is 46.2 Å². The zero-order chi connectivity index (χ0) is 19.8. The molecule has 27 heavy (non-hydrogen) atoms. The third kappa shape index (κ3) is 3.80. The Morgan fingerprint density at radius 1 is 0.778 bits per heavy atom. The number of nitrogens with one attached hydrogen (secondary N) is 1. The number of hydrogen-bond donors (Lipinski definition) is 1. The Balaban J connectivity index is 1.87. The van der Waals surface area contributed by atoms with Gasteiger partial charge in [-0.25, -0.2) is 30.0 Å². The Morgan fingerprint density at radius 3 is 1.93 bits per heavy atom. The molecule has 11 heteroatoms. The van der Waals surface area contributed by atoms with E-state index in [0.29, 0.717) is 19.2 Å². The molecule has 1 fully saturated rings.